The SMILES string of the molecule is CC(N)C(C)(C)Nc1ccncn1. The molecule has 0 aliphatic heterocycles. The molecule has 1 rings (SSSR count). The Morgan fingerprint density at radius 3 is 2.69 bits per heavy atom. The zero-order valence-electron chi connectivity index (χ0n) is 8.28. The summed E-state index contributed by atoms with van der Waals surface area (Å²) in [6.45, 7) is 6.05. The van der Waals surface area contributed by atoms with E-state index in [0.29, 0.717) is 0 Å². The molecular weight excluding hydrogens is 164 g/mol. The van der Waals surface area contributed by atoms with Crippen LogP contribution < -0.4 is 11.1 Å². The number of nitrogens with one attached hydrogen (secondary N) is 1. The van der Waals surface area contributed by atoms with Crippen LogP contribution in [0.1, 0.15) is 20.8 Å². The molecule has 0 radical (unpaired) electrons. The normalized spacial score (nSPS) is 13.8. The number of aromatic nitrogens is 2. The molecule has 13 heavy (non-hydrogen) atoms. The quantitative estimate of drug-likeness (QED) is 0.728. The van der Waals surface area contributed by atoms with E-state index in [1.807, 2.05) is 26.8 Å². The van der Waals surface area contributed by atoms with Crippen molar-refractivity contribution in [3.05, 3.63) is 18.6 Å². The second-order valence-electron chi connectivity index (χ2n) is 3.73. The van der Waals surface area contributed by atoms with Gasteiger partial charge in [-0.25, -0.2) is 9.97 Å². The zero-order valence-corrected chi connectivity index (χ0v) is 8.28. The van der Waals surface area contributed by atoms with E-state index < -0.39 is 0 Å². The highest BCUT2D eigenvalue weighted by molar-refractivity contribution is 5.35. The van der Waals surface area contributed by atoms with Gasteiger partial charge in [0.15, 0.2) is 0 Å². The third-order valence-corrected chi connectivity index (χ3v) is 2.17. The Bertz CT molecular complexity index is 256. The first-order valence-corrected chi connectivity index (χ1v) is 4.32. The average Bonchev–Trinajstić information content (AvgIpc) is 2.05. The average molecular weight is 180 g/mol. The van der Waals surface area contributed by atoms with E-state index in [1.54, 1.807) is 6.20 Å². The summed E-state index contributed by atoms with van der Waals surface area (Å²) in [6.07, 6.45) is 3.21. The third kappa shape index (κ3) is 2.66. The minimum atomic E-state index is -0.158. The molecule has 0 spiro atoms. The molecule has 0 aliphatic carbocycles. The summed E-state index contributed by atoms with van der Waals surface area (Å²) in [5, 5.41) is 3.24. The van der Waals surface area contributed by atoms with E-state index in [1.165, 1.54) is 6.33 Å². The van der Waals surface area contributed by atoms with Gasteiger partial charge in [0.25, 0.3) is 0 Å². The van der Waals surface area contributed by atoms with Crippen LogP contribution in [0.15, 0.2) is 18.6 Å². The molecule has 3 N–H and O–H groups in total. The summed E-state index contributed by atoms with van der Waals surface area (Å²) in [7, 11) is 0. The predicted octanol–water partition coefficient (Wildman–Crippen LogP) is 1.01. The van der Waals surface area contributed by atoms with Crippen molar-refractivity contribution in [1.29, 1.82) is 0 Å². The van der Waals surface area contributed by atoms with Gasteiger partial charge in [0.05, 0.1) is 0 Å². The van der Waals surface area contributed by atoms with Crippen LogP contribution in [0.25, 0.3) is 0 Å². The van der Waals surface area contributed by atoms with Crippen LogP contribution in [0.2, 0.25) is 0 Å². The first-order chi connectivity index (χ1) is 6.02. The first kappa shape index (κ1) is 9.92. The van der Waals surface area contributed by atoms with Crippen molar-refractivity contribution in [2.45, 2.75) is 32.4 Å². The molecule has 0 saturated carbocycles. The number of anilines is 1. The van der Waals surface area contributed by atoms with Gasteiger partial charge in [-0.2, -0.15) is 0 Å². The van der Waals surface area contributed by atoms with Gasteiger partial charge in [0.1, 0.15) is 12.1 Å². The topological polar surface area (TPSA) is 63.8 Å². The summed E-state index contributed by atoms with van der Waals surface area (Å²) in [4.78, 5) is 7.91. The fraction of sp³-hybridized carbons (Fsp3) is 0.556. The summed E-state index contributed by atoms with van der Waals surface area (Å²) in [6, 6.07) is 1.88. The van der Waals surface area contributed by atoms with E-state index >= 15 is 0 Å². The molecule has 0 saturated heterocycles. The molecule has 4 heteroatoms. The van der Waals surface area contributed by atoms with Gasteiger partial charge in [-0.05, 0) is 26.8 Å². The lowest BCUT2D eigenvalue weighted by Gasteiger charge is -2.30. The van der Waals surface area contributed by atoms with Crippen LogP contribution in [-0.4, -0.2) is 21.5 Å². The lowest BCUT2D eigenvalue weighted by molar-refractivity contribution is 0.469. The van der Waals surface area contributed by atoms with Gasteiger partial charge in [0, 0.05) is 17.8 Å². The van der Waals surface area contributed by atoms with Crippen LogP contribution in [0.4, 0.5) is 5.82 Å². The number of nitrogens with zero attached hydrogens (tertiary/aromatic N) is 2. The maximum absolute atomic E-state index is 5.81. The van der Waals surface area contributed by atoms with Gasteiger partial charge >= 0.3 is 0 Å². The number of nitrogens with two attached hydrogens (primary N) is 1. The smallest absolute Gasteiger partial charge is 0.129 e. The van der Waals surface area contributed by atoms with Gasteiger partial charge in [-0.1, -0.05) is 0 Å². The van der Waals surface area contributed by atoms with Crippen molar-refractivity contribution in [2.75, 3.05) is 5.32 Å². The number of hydrogen-bond acceptors (Lipinski definition) is 4. The van der Waals surface area contributed by atoms with E-state index in [0.717, 1.165) is 5.82 Å². The maximum Gasteiger partial charge on any atom is 0.129 e. The minimum absolute atomic E-state index is 0.0578. The van der Waals surface area contributed by atoms with Crippen molar-refractivity contribution >= 4 is 5.82 Å². The Kier molecular flexibility index (Phi) is 2.83. The van der Waals surface area contributed by atoms with Gasteiger partial charge in [0.2, 0.25) is 0 Å². The molecule has 1 aromatic rings. The molecular formula is C9H16N4. The minimum Gasteiger partial charge on any atom is -0.364 e. The summed E-state index contributed by atoms with van der Waals surface area (Å²) >= 11 is 0. The predicted molar refractivity (Wildman–Crippen MR) is 53.4 cm³/mol. The van der Waals surface area contributed by atoms with Crippen molar-refractivity contribution in [3.63, 3.8) is 0 Å². The molecule has 4 nitrogen and oxygen atoms in total. The lowest BCUT2D eigenvalue weighted by atomic mass is 9.97. The second kappa shape index (κ2) is 3.70. The van der Waals surface area contributed by atoms with Crippen LogP contribution in [0.3, 0.4) is 0 Å². The highest BCUT2D eigenvalue weighted by Gasteiger charge is 2.22. The van der Waals surface area contributed by atoms with Gasteiger partial charge in [-0.3, -0.25) is 0 Å². The van der Waals surface area contributed by atoms with Gasteiger partial charge in [-0.15, -0.1) is 0 Å². The molecule has 0 amide bonds. The molecule has 1 aromatic heterocycles. The van der Waals surface area contributed by atoms with Crippen molar-refractivity contribution in [1.82, 2.24) is 9.97 Å². The molecule has 1 atom stereocenters. The highest BCUT2D eigenvalue weighted by atomic mass is 15.1. The van der Waals surface area contributed by atoms with Crippen LogP contribution in [0, 0.1) is 0 Å². The monoisotopic (exact) mass is 180 g/mol. The lowest BCUT2D eigenvalue weighted by Crippen LogP contribution is -2.47. The van der Waals surface area contributed by atoms with Crippen LogP contribution in [0.5, 0.6) is 0 Å². The van der Waals surface area contributed by atoms with E-state index in [2.05, 4.69) is 15.3 Å². The molecule has 1 unspecified atom stereocenters. The first-order valence-electron chi connectivity index (χ1n) is 4.32. The van der Waals surface area contributed by atoms with Crippen molar-refractivity contribution in [2.24, 2.45) is 5.73 Å². The summed E-state index contributed by atoms with van der Waals surface area (Å²) in [5.74, 6) is 0.803. The number of rotatable bonds is 3. The van der Waals surface area contributed by atoms with E-state index in [9.17, 15) is 0 Å². The fourth-order valence-electron chi connectivity index (χ4n) is 0.809. The van der Waals surface area contributed by atoms with E-state index in [-0.39, 0.29) is 11.6 Å². The van der Waals surface area contributed by atoms with Gasteiger partial charge < -0.3 is 11.1 Å². The molecule has 72 valence electrons. The molecule has 0 aliphatic rings. The fourth-order valence-corrected chi connectivity index (χ4v) is 0.809. The van der Waals surface area contributed by atoms with Crippen molar-refractivity contribution in [3.8, 4) is 0 Å². The Balaban J connectivity index is 2.69. The Labute approximate surface area is 78.6 Å². The molecule has 1 heterocycles. The largest absolute Gasteiger partial charge is 0.364 e. The highest BCUT2D eigenvalue weighted by Crippen LogP contribution is 2.13. The molecule has 0 aromatic carbocycles. The van der Waals surface area contributed by atoms with Crippen LogP contribution in [-0.2, 0) is 0 Å². The Morgan fingerprint density at radius 2 is 2.23 bits per heavy atom. The van der Waals surface area contributed by atoms with Crippen LogP contribution >= 0.6 is 0 Å². The van der Waals surface area contributed by atoms with Crippen molar-refractivity contribution < 1.29 is 0 Å². The molecule has 0 fully saturated rings. The molecule has 0 bridgehead atoms. The third-order valence-electron chi connectivity index (χ3n) is 2.17. The Hall–Kier alpha value is -1.16. The standard InChI is InChI=1S/C9H16N4/c1-7(10)9(2,3)13-8-4-5-11-6-12-8/h4-7H,10H2,1-3H3,(H,11,12,13). The zero-order chi connectivity index (χ0) is 9.90. The summed E-state index contributed by atoms with van der Waals surface area (Å²) in [5.41, 5.74) is 5.65. The maximum atomic E-state index is 5.81. The summed E-state index contributed by atoms with van der Waals surface area (Å²) < 4.78 is 0. The van der Waals surface area contributed by atoms with E-state index in [4.69, 9.17) is 5.73 Å². The number of hydrogen-bond donors (Lipinski definition) is 2. The Morgan fingerprint density at radius 1 is 1.54 bits per heavy atom. The second-order valence-corrected chi connectivity index (χ2v) is 3.73.